The molecule has 0 bridgehead atoms. The van der Waals surface area contributed by atoms with Gasteiger partial charge in [0.25, 0.3) is 0 Å². The first-order valence-corrected chi connectivity index (χ1v) is 3.62. The summed E-state index contributed by atoms with van der Waals surface area (Å²) in [5.41, 5.74) is 1.42. The average Bonchev–Trinajstić information content (AvgIpc) is 1.80. The van der Waals surface area contributed by atoms with Crippen LogP contribution in [0, 0.1) is 17.3 Å². The number of rotatable bonds is 0. The molecule has 0 aliphatic rings. The van der Waals surface area contributed by atoms with E-state index < -0.39 is 0 Å². The van der Waals surface area contributed by atoms with Crippen molar-refractivity contribution < 1.29 is 0 Å². The van der Waals surface area contributed by atoms with Gasteiger partial charge in [-0.15, -0.1) is 5.92 Å². The van der Waals surface area contributed by atoms with Crippen molar-refractivity contribution in [2.75, 3.05) is 0 Å². The topological polar surface area (TPSA) is 0 Å². The van der Waals surface area contributed by atoms with Crippen LogP contribution in [0.5, 0.6) is 0 Å². The van der Waals surface area contributed by atoms with Crippen LogP contribution in [0.4, 0.5) is 0 Å². The van der Waals surface area contributed by atoms with E-state index in [4.69, 9.17) is 0 Å². The van der Waals surface area contributed by atoms with Gasteiger partial charge < -0.3 is 0 Å². The Balaban J connectivity index is 4.51. The highest BCUT2D eigenvalue weighted by molar-refractivity contribution is 5.32. The lowest BCUT2D eigenvalue weighted by atomic mass is 9.87. The van der Waals surface area contributed by atoms with E-state index >= 15 is 0 Å². The Morgan fingerprint density at radius 1 is 1.30 bits per heavy atom. The maximum Gasteiger partial charge on any atom is 0.00311 e. The molecular formula is C10H16. The van der Waals surface area contributed by atoms with Crippen LogP contribution < -0.4 is 0 Å². The summed E-state index contributed by atoms with van der Waals surface area (Å²) in [6.45, 7) is 10.4. The van der Waals surface area contributed by atoms with Gasteiger partial charge in [-0.2, -0.15) is 0 Å². The van der Waals surface area contributed by atoms with E-state index in [1.54, 1.807) is 0 Å². The zero-order chi connectivity index (χ0) is 8.20. The van der Waals surface area contributed by atoms with Crippen LogP contribution in [0.15, 0.2) is 11.6 Å². The van der Waals surface area contributed by atoms with Crippen molar-refractivity contribution in [1.29, 1.82) is 0 Å². The maximum atomic E-state index is 3.08. The predicted octanol–water partition coefficient (Wildman–Crippen LogP) is 3.00. The van der Waals surface area contributed by atoms with Gasteiger partial charge in [0, 0.05) is 5.57 Å². The zero-order valence-electron chi connectivity index (χ0n) is 7.58. The molecule has 0 heterocycles. The average molecular weight is 136 g/mol. The van der Waals surface area contributed by atoms with Gasteiger partial charge >= 0.3 is 0 Å². The molecule has 0 aromatic rings. The zero-order valence-corrected chi connectivity index (χ0v) is 7.58. The highest BCUT2D eigenvalue weighted by Crippen LogP contribution is 2.23. The fourth-order valence-electron chi connectivity index (χ4n) is 0.827. The minimum Gasteiger partial charge on any atom is -0.102 e. The molecule has 0 atom stereocenters. The van der Waals surface area contributed by atoms with E-state index in [1.165, 1.54) is 5.57 Å². The van der Waals surface area contributed by atoms with E-state index in [0.717, 1.165) is 0 Å². The third-order valence-corrected chi connectivity index (χ3v) is 1.36. The number of allylic oxidation sites excluding steroid dienone is 2. The molecule has 56 valence electrons. The van der Waals surface area contributed by atoms with Gasteiger partial charge in [0.05, 0.1) is 0 Å². The SMILES string of the molecule is CC#CC(=CC)C(C)(C)C. The molecule has 0 spiro atoms. The Hall–Kier alpha value is -0.700. The molecule has 0 saturated carbocycles. The van der Waals surface area contributed by atoms with Crippen molar-refractivity contribution >= 4 is 0 Å². The summed E-state index contributed by atoms with van der Waals surface area (Å²) in [5, 5.41) is 0. The summed E-state index contributed by atoms with van der Waals surface area (Å²) in [7, 11) is 0. The van der Waals surface area contributed by atoms with Crippen molar-refractivity contribution in [3.8, 4) is 11.8 Å². The van der Waals surface area contributed by atoms with Crippen molar-refractivity contribution in [3.05, 3.63) is 11.6 Å². The minimum absolute atomic E-state index is 0.206. The molecule has 0 aromatic heterocycles. The van der Waals surface area contributed by atoms with Crippen molar-refractivity contribution in [1.82, 2.24) is 0 Å². The minimum atomic E-state index is 0.206. The molecule has 10 heavy (non-hydrogen) atoms. The Kier molecular flexibility index (Phi) is 3.22. The van der Waals surface area contributed by atoms with E-state index in [9.17, 15) is 0 Å². The molecule has 0 aliphatic carbocycles. The first kappa shape index (κ1) is 9.30. The van der Waals surface area contributed by atoms with Gasteiger partial charge in [0.1, 0.15) is 0 Å². The third-order valence-electron chi connectivity index (χ3n) is 1.36. The van der Waals surface area contributed by atoms with Crippen molar-refractivity contribution in [3.63, 3.8) is 0 Å². The summed E-state index contributed by atoms with van der Waals surface area (Å²) in [5.74, 6) is 5.99. The molecule has 0 amide bonds. The van der Waals surface area contributed by atoms with Crippen LogP contribution >= 0.6 is 0 Å². The normalized spacial score (nSPS) is 12.3. The molecule has 0 aromatic carbocycles. The monoisotopic (exact) mass is 136 g/mol. The highest BCUT2D eigenvalue weighted by atomic mass is 14.2. The third kappa shape index (κ3) is 2.73. The lowest BCUT2D eigenvalue weighted by Gasteiger charge is -2.17. The van der Waals surface area contributed by atoms with Gasteiger partial charge in [-0.25, -0.2) is 0 Å². The largest absolute Gasteiger partial charge is 0.102 e. The van der Waals surface area contributed by atoms with Crippen LogP contribution in [0.3, 0.4) is 0 Å². The standard InChI is InChI=1S/C10H16/c1-6-8-9(7-2)10(3,4)5/h7H,1-5H3. The molecule has 0 unspecified atom stereocenters. The predicted molar refractivity (Wildman–Crippen MR) is 46.7 cm³/mol. The molecule has 0 N–H and O–H groups in total. The second-order valence-electron chi connectivity index (χ2n) is 3.33. The number of hydrogen-bond donors (Lipinski definition) is 0. The Morgan fingerprint density at radius 3 is 1.90 bits per heavy atom. The van der Waals surface area contributed by atoms with Gasteiger partial charge in [0.15, 0.2) is 0 Å². The Bertz CT molecular complexity index is 178. The quantitative estimate of drug-likeness (QED) is 0.449. The summed E-state index contributed by atoms with van der Waals surface area (Å²) in [4.78, 5) is 0. The molecule has 0 heteroatoms. The van der Waals surface area contributed by atoms with Crippen LogP contribution in [0.25, 0.3) is 0 Å². The molecule has 0 fully saturated rings. The van der Waals surface area contributed by atoms with Gasteiger partial charge in [-0.05, 0) is 19.3 Å². The van der Waals surface area contributed by atoms with Crippen LogP contribution in [-0.2, 0) is 0 Å². The van der Waals surface area contributed by atoms with E-state index in [0.29, 0.717) is 0 Å². The second-order valence-corrected chi connectivity index (χ2v) is 3.33. The van der Waals surface area contributed by atoms with Gasteiger partial charge in [0.2, 0.25) is 0 Å². The highest BCUT2D eigenvalue weighted by Gasteiger charge is 2.13. The van der Waals surface area contributed by atoms with E-state index in [-0.39, 0.29) is 5.41 Å². The smallest absolute Gasteiger partial charge is 0.00311 e. The lowest BCUT2D eigenvalue weighted by Crippen LogP contribution is -2.07. The molecule has 0 rings (SSSR count). The molecular weight excluding hydrogens is 120 g/mol. The van der Waals surface area contributed by atoms with Crippen LogP contribution in [-0.4, -0.2) is 0 Å². The van der Waals surface area contributed by atoms with Crippen LogP contribution in [0.1, 0.15) is 34.6 Å². The summed E-state index contributed by atoms with van der Waals surface area (Å²) in [6, 6.07) is 0. The van der Waals surface area contributed by atoms with E-state index in [1.807, 2.05) is 13.8 Å². The first-order chi connectivity index (χ1) is 4.52. The summed E-state index contributed by atoms with van der Waals surface area (Å²) in [6.07, 6.45) is 2.08. The van der Waals surface area contributed by atoms with Crippen molar-refractivity contribution in [2.24, 2.45) is 5.41 Å². The van der Waals surface area contributed by atoms with Gasteiger partial charge in [-0.3, -0.25) is 0 Å². The fraction of sp³-hybridized carbons (Fsp3) is 0.600. The van der Waals surface area contributed by atoms with Gasteiger partial charge in [-0.1, -0.05) is 32.8 Å². The Morgan fingerprint density at radius 2 is 1.80 bits per heavy atom. The number of hydrogen-bond acceptors (Lipinski definition) is 0. The molecule has 0 saturated heterocycles. The molecule has 0 aliphatic heterocycles. The fourth-order valence-corrected chi connectivity index (χ4v) is 0.827. The molecule has 0 radical (unpaired) electrons. The summed E-state index contributed by atoms with van der Waals surface area (Å²) >= 11 is 0. The summed E-state index contributed by atoms with van der Waals surface area (Å²) < 4.78 is 0. The molecule has 0 nitrogen and oxygen atoms in total. The lowest BCUT2D eigenvalue weighted by molar-refractivity contribution is 0.520. The first-order valence-electron chi connectivity index (χ1n) is 3.62. The van der Waals surface area contributed by atoms with Crippen molar-refractivity contribution in [2.45, 2.75) is 34.6 Å². The maximum absolute atomic E-state index is 3.08. The van der Waals surface area contributed by atoms with E-state index in [2.05, 4.69) is 38.7 Å². The second kappa shape index (κ2) is 3.46. The van der Waals surface area contributed by atoms with Crippen LogP contribution in [0.2, 0.25) is 0 Å². The Labute approximate surface area is 64.3 Å².